The molecule has 0 bridgehead atoms. The van der Waals surface area contributed by atoms with Crippen molar-refractivity contribution in [2.45, 2.75) is 86.2 Å². The first kappa shape index (κ1) is 33.0. The van der Waals surface area contributed by atoms with Crippen LogP contribution in [0.1, 0.15) is 68.2 Å². The van der Waals surface area contributed by atoms with E-state index in [0.29, 0.717) is 23.9 Å². The normalized spacial score (nSPS) is 18.6. The quantitative estimate of drug-likeness (QED) is 0.0775. The molecule has 16 heteroatoms. The number of carbonyl (C=O) groups is 1. The number of ether oxygens (including phenoxy) is 3. The van der Waals surface area contributed by atoms with Gasteiger partial charge in [-0.3, -0.25) is 21.5 Å². The first-order valence-electron chi connectivity index (χ1n) is 13.0. The van der Waals surface area contributed by atoms with Gasteiger partial charge in [-0.2, -0.15) is 13.1 Å². The van der Waals surface area contributed by atoms with E-state index in [1.165, 1.54) is 0 Å². The van der Waals surface area contributed by atoms with Gasteiger partial charge in [-0.25, -0.2) is 0 Å². The van der Waals surface area contributed by atoms with E-state index in [2.05, 4.69) is 15.3 Å². The van der Waals surface area contributed by atoms with Crippen LogP contribution < -0.4 is 14.2 Å². The fraction of sp³-hybridized carbons (Fsp3) is 0.792. The van der Waals surface area contributed by atoms with Crippen LogP contribution in [0.2, 0.25) is 0 Å². The lowest BCUT2D eigenvalue weighted by Gasteiger charge is -2.27. The largest absolute Gasteiger partial charge is 0.438 e. The standard InChI is InChI=1S/C24H42IN6O8P/c1-15(2)27-17-16-18(29-21(26)28-17)31(25-30-16)11-24(9-10-24)37-14-40(34,38-12-35-19(32)22(3,4)5)39-13-36-20(33)23(6,7)8/h15,19,32H,9-14H2,1-8H3,(H3,26,27,28,29). The van der Waals surface area contributed by atoms with E-state index in [-0.39, 0.29) is 12.0 Å². The minimum absolute atomic E-state index is 0.143. The Hall–Kier alpha value is -1.49. The molecule has 1 saturated carbocycles. The number of halogens is 1. The van der Waals surface area contributed by atoms with Crippen molar-refractivity contribution >= 4 is 58.1 Å². The van der Waals surface area contributed by atoms with Crippen LogP contribution >= 0.6 is 28.9 Å². The number of nitrogens with zero attached hydrogens (tertiary/aromatic N) is 4. The number of aliphatic hydroxyl groups is 1. The number of fused-ring (bicyclic) bond motifs is 1. The second kappa shape index (κ2) is 12.8. The minimum atomic E-state index is -3.96. The summed E-state index contributed by atoms with van der Waals surface area (Å²) in [5.41, 5.74) is 4.69. The molecule has 0 radical (unpaired) electrons. The SMILES string of the molecule is CC(C)Nc1nc(N)nc2c1N=IN2CC1(OCP(=O)(OCOC(=O)C(C)(C)C)OCOC(O)C(C)(C)C)CC1. The molecule has 1 aromatic rings. The lowest BCUT2D eigenvalue weighted by Crippen LogP contribution is -2.31. The third-order valence-electron chi connectivity index (χ3n) is 5.78. The molecule has 3 rings (SSSR count). The highest BCUT2D eigenvalue weighted by molar-refractivity contribution is 14.2. The molecule has 1 aliphatic carbocycles. The maximum atomic E-state index is 13.6. The van der Waals surface area contributed by atoms with Crippen molar-refractivity contribution in [2.24, 2.45) is 14.0 Å². The average Bonchev–Trinajstić information content (AvgIpc) is 3.48. The second-order valence-electron chi connectivity index (χ2n) is 12.2. The summed E-state index contributed by atoms with van der Waals surface area (Å²) in [6.07, 6.45) is -0.128. The van der Waals surface area contributed by atoms with Gasteiger partial charge in [-0.05, 0) is 47.5 Å². The van der Waals surface area contributed by atoms with E-state index in [1.54, 1.807) is 41.5 Å². The van der Waals surface area contributed by atoms with Gasteiger partial charge in [-0.1, -0.05) is 20.8 Å². The van der Waals surface area contributed by atoms with Crippen LogP contribution in [0.15, 0.2) is 3.15 Å². The maximum Gasteiger partial charge on any atom is 0.361 e. The number of rotatable bonds is 14. The minimum Gasteiger partial charge on any atom is -0.438 e. The summed E-state index contributed by atoms with van der Waals surface area (Å²) in [6.45, 7) is 13.8. The molecule has 14 nitrogen and oxygen atoms in total. The monoisotopic (exact) mass is 700 g/mol. The highest BCUT2D eigenvalue weighted by atomic mass is 127. The fourth-order valence-electron chi connectivity index (χ4n) is 3.17. The van der Waals surface area contributed by atoms with Crippen molar-refractivity contribution in [1.82, 2.24) is 9.97 Å². The zero-order valence-corrected chi connectivity index (χ0v) is 27.4. The number of hydrogen-bond donors (Lipinski definition) is 3. The molecule has 0 amide bonds. The number of nitrogens with one attached hydrogen (secondary N) is 1. The molecule has 4 N–H and O–H groups in total. The third-order valence-corrected chi connectivity index (χ3v) is 9.24. The summed E-state index contributed by atoms with van der Waals surface area (Å²) in [5.74, 6) is 0.866. The topological polar surface area (TPSA) is 180 Å². The van der Waals surface area contributed by atoms with Gasteiger partial charge < -0.3 is 30.4 Å². The van der Waals surface area contributed by atoms with E-state index in [9.17, 15) is 14.5 Å². The Balaban J connectivity index is 1.66. The molecule has 2 unspecified atom stereocenters. The summed E-state index contributed by atoms with van der Waals surface area (Å²) >= 11 is -0.789. The average molecular weight is 701 g/mol. The molecule has 0 aromatic carbocycles. The first-order valence-corrected chi connectivity index (χ1v) is 16.6. The van der Waals surface area contributed by atoms with Crippen molar-refractivity contribution in [3.8, 4) is 0 Å². The zero-order chi connectivity index (χ0) is 29.9. The van der Waals surface area contributed by atoms with Crippen LogP contribution in [0, 0.1) is 10.8 Å². The molecule has 2 heterocycles. The number of aromatic nitrogens is 2. The highest BCUT2D eigenvalue weighted by Gasteiger charge is 2.48. The second-order valence-corrected chi connectivity index (χ2v) is 16.3. The first-order chi connectivity index (χ1) is 18.4. The Labute approximate surface area is 246 Å². The van der Waals surface area contributed by atoms with Gasteiger partial charge in [0, 0.05) is 11.5 Å². The van der Waals surface area contributed by atoms with E-state index in [1.807, 2.05) is 17.0 Å². The van der Waals surface area contributed by atoms with E-state index < -0.39 is 77.5 Å². The molecule has 0 spiro atoms. The van der Waals surface area contributed by atoms with Crippen LogP contribution in [0.25, 0.3) is 0 Å². The lowest BCUT2D eigenvalue weighted by atomic mass is 9.96. The molecule has 1 aliphatic heterocycles. The molecule has 0 saturated heterocycles. The Morgan fingerprint density at radius 2 is 1.82 bits per heavy atom. The number of esters is 1. The van der Waals surface area contributed by atoms with E-state index >= 15 is 0 Å². The van der Waals surface area contributed by atoms with Crippen molar-refractivity contribution in [3.63, 3.8) is 0 Å². The number of hydrogen-bond acceptors (Lipinski definition) is 14. The summed E-state index contributed by atoms with van der Waals surface area (Å²) < 4.78 is 47.7. The number of aliphatic hydroxyl groups excluding tert-OH is 1. The van der Waals surface area contributed by atoms with Gasteiger partial charge in [0.2, 0.25) is 12.7 Å². The van der Waals surface area contributed by atoms with E-state index in [0.717, 1.165) is 12.8 Å². The molecular weight excluding hydrogens is 658 g/mol. The Morgan fingerprint density at radius 1 is 1.18 bits per heavy atom. The maximum absolute atomic E-state index is 13.6. The van der Waals surface area contributed by atoms with Crippen molar-refractivity contribution in [1.29, 1.82) is 0 Å². The third kappa shape index (κ3) is 9.26. The van der Waals surface area contributed by atoms with E-state index in [4.69, 9.17) is 32.1 Å². The molecule has 1 fully saturated rings. The molecule has 228 valence electrons. The lowest BCUT2D eigenvalue weighted by molar-refractivity contribution is -0.193. The smallest absolute Gasteiger partial charge is 0.361 e. The van der Waals surface area contributed by atoms with Crippen LogP contribution in [-0.2, 0) is 32.6 Å². The summed E-state index contributed by atoms with van der Waals surface area (Å²) in [4.78, 5) is 20.8. The van der Waals surface area contributed by atoms with Gasteiger partial charge in [0.05, 0.1) is 17.6 Å². The highest BCUT2D eigenvalue weighted by Crippen LogP contribution is 2.54. The summed E-state index contributed by atoms with van der Waals surface area (Å²) in [5, 5.41) is 13.4. The van der Waals surface area contributed by atoms with Crippen LogP contribution in [0.5, 0.6) is 0 Å². The van der Waals surface area contributed by atoms with Crippen molar-refractivity contribution < 1.29 is 37.7 Å². The van der Waals surface area contributed by atoms with Crippen LogP contribution in [-0.4, -0.2) is 65.5 Å². The molecule has 40 heavy (non-hydrogen) atoms. The Bertz CT molecular complexity index is 1140. The molecule has 2 atom stereocenters. The number of carbonyl (C=O) groups excluding carboxylic acids is 1. The van der Waals surface area contributed by atoms with Gasteiger partial charge in [0.1, 0.15) is 27.7 Å². The van der Waals surface area contributed by atoms with Gasteiger partial charge in [-0.15, -0.1) is 0 Å². The number of nitrogens with two attached hydrogens (primary N) is 1. The molecular formula is C24H42IN6O8P. The predicted octanol–water partition coefficient (Wildman–Crippen LogP) is 5.02. The molecule has 2 aliphatic rings. The van der Waals surface area contributed by atoms with Crippen LogP contribution in [0.4, 0.5) is 23.3 Å². The van der Waals surface area contributed by atoms with Gasteiger partial charge in [0.25, 0.3) is 0 Å². The van der Waals surface area contributed by atoms with Gasteiger partial charge in [0.15, 0.2) is 30.4 Å². The summed E-state index contributed by atoms with van der Waals surface area (Å²) in [6, 6.07) is 0.143. The summed E-state index contributed by atoms with van der Waals surface area (Å²) in [7, 11) is -3.96. The Kier molecular flexibility index (Phi) is 10.6. The predicted molar refractivity (Wildman–Crippen MR) is 158 cm³/mol. The fourth-order valence-corrected chi connectivity index (χ4v) is 6.50. The number of nitrogen functional groups attached to an aromatic ring is 1. The van der Waals surface area contributed by atoms with Crippen LogP contribution in [0.3, 0.4) is 0 Å². The zero-order valence-electron chi connectivity index (χ0n) is 24.4. The molecule has 1 aromatic heterocycles. The Morgan fingerprint density at radius 3 is 2.40 bits per heavy atom. The van der Waals surface area contributed by atoms with Gasteiger partial charge >= 0.3 is 13.6 Å². The van der Waals surface area contributed by atoms with Crippen molar-refractivity contribution in [3.05, 3.63) is 0 Å². The number of anilines is 3. The van der Waals surface area contributed by atoms with Crippen molar-refractivity contribution in [2.75, 3.05) is 40.6 Å².